The Morgan fingerprint density at radius 1 is 1.53 bits per heavy atom. The van der Waals surface area contributed by atoms with Crippen LogP contribution in [0.5, 0.6) is 0 Å². The van der Waals surface area contributed by atoms with E-state index in [9.17, 15) is 9.59 Å². The molecule has 2 amide bonds. The highest BCUT2D eigenvalue weighted by Gasteiger charge is 2.32. The minimum Gasteiger partial charge on any atom is -0.380 e. The molecule has 1 aliphatic rings. The van der Waals surface area contributed by atoms with Crippen LogP contribution in [0.1, 0.15) is 26.7 Å². The number of rotatable bonds is 5. The Morgan fingerprint density at radius 2 is 2.18 bits per heavy atom. The molecule has 0 radical (unpaired) electrons. The molecule has 1 aliphatic heterocycles. The molecule has 1 saturated heterocycles. The first-order valence-electron chi connectivity index (χ1n) is 5.70. The second-order valence-electron chi connectivity index (χ2n) is 5.07. The van der Waals surface area contributed by atoms with Gasteiger partial charge in [0.05, 0.1) is 12.1 Å². The summed E-state index contributed by atoms with van der Waals surface area (Å²) in [6.07, 6.45) is 0.846. The normalized spacial score (nSPS) is 24.6. The molecule has 6 nitrogen and oxygen atoms in total. The molecule has 2 unspecified atom stereocenters. The maximum atomic E-state index is 11.9. The van der Waals surface area contributed by atoms with E-state index >= 15 is 0 Å². The van der Waals surface area contributed by atoms with Crippen LogP contribution in [0.3, 0.4) is 0 Å². The summed E-state index contributed by atoms with van der Waals surface area (Å²) in [6.45, 7) is 4.22. The summed E-state index contributed by atoms with van der Waals surface area (Å²) in [5, 5.41) is 5.90. The van der Waals surface area contributed by atoms with Crippen LogP contribution in [0.15, 0.2) is 0 Å². The van der Waals surface area contributed by atoms with Crippen molar-refractivity contribution >= 4 is 11.8 Å². The molecule has 1 heterocycles. The lowest BCUT2D eigenvalue weighted by molar-refractivity contribution is -0.125. The van der Waals surface area contributed by atoms with E-state index in [4.69, 9.17) is 10.5 Å². The highest BCUT2D eigenvalue weighted by atomic mass is 16.5. The fourth-order valence-corrected chi connectivity index (χ4v) is 1.98. The SMILES string of the molecule is COC1CNC(C(=O)NC(C)(C)CC(N)=O)C1. The summed E-state index contributed by atoms with van der Waals surface area (Å²) >= 11 is 0. The first-order valence-corrected chi connectivity index (χ1v) is 5.70. The van der Waals surface area contributed by atoms with Crippen molar-refractivity contribution in [2.24, 2.45) is 5.73 Å². The molecule has 98 valence electrons. The summed E-state index contributed by atoms with van der Waals surface area (Å²) in [5.74, 6) is -0.541. The molecule has 0 aromatic heterocycles. The van der Waals surface area contributed by atoms with Crippen LogP contribution < -0.4 is 16.4 Å². The number of nitrogens with one attached hydrogen (secondary N) is 2. The Kier molecular flexibility index (Phi) is 4.47. The minimum atomic E-state index is -0.615. The first kappa shape index (κ1) is 13.9. The number of primary amides is 1. The van der Waals surface area contributed by atoms with Gasteiger partial charge < -0.3 is 21.1 Å². The zero-order valence-corrected chi connectivity index (χ0v) is 10.6. The number of carbonyl (C=O) groups excluding carboxylic acids is 2. The van der Waals surface area contributed by atoms with Crippen molar-refractivity contribution in [1.82, 2.24) is 10.6 Å². The second-order valence-corrected chi connectivity index (χ2v) is 5.07. The highest BCUT2D eigenvalue weighted by molar-refractivity contribution is 5.84. The van der Waals surface area contributed by atoms with Crippen molar-refractivity contribution in [2.45, 2.75) is 44.4 Å². The van der Waals surface area contributed by atoms with Gasteiger partial charge in [0.15, 0.2) is 0 Å². The van der Waals surface area contributed by atoms with Gasteiger partial charge in [-0.05, 0) is 20.3 Å². The maximum absolute atomic E-state index is 11.9. The molecule has 1 rings (SSSR count). The minimum absolute atomic E-state index is 0.0741. The predicted molar refractivity (Wildman–Crippen MR) is 63.2 cm³/mol. The van der Waals surface area contributed by atoms with Gasteiger partial charge in [0.1, 0.15) is 0 Å². The maximum Gasteiger partial charge on any atom is 0.237 e. The predicted octanol–water partition coefficient (Wildman–Crippen LogP) is -0.866. The fourth-order valence-electron chi connectivity index (χ4n) is 1.98. The fraction of sp³-hybridized carbons (Fsp3) is 0.818. The summed E-state index contributed by atoms with van der Waals surface area (Å²) in [5.41, 5.74) is 4.51. The number of carbonyl (C=O) groups is 2. The zero-order valence-electron chi connectivity index (χ0n) is 10.6. The molecular formula is C11H21N3O3. The topological polar surface area (TPSA) is 93.4 Å². The molecule has 0 aromatic rings. The molecule has 4 N–H and O–H groups in total. The third-order valence-corrected chi connectivity index (χ3v) is 2.82. The summed E-state index contributed by atoms with van der Waals surface area (Å²) in [4.78, 5) is 22.8. The number of ether oxygens (including phenoxy) is 1. The average Bonchev–Trinajstić information content (AvgIpc) is 2.62. The van der Waals surface area contributed by atoms with E-state index < -0.39 is 11.4 Å². The van der Waals surface area contributed by atoms with Crippen molar-refractivity contribution in [3.05, 3.63) is 0 Å². The van der Waals surface area contributed by atoms with Gasteiger partial charge in [-0.15, -0.1) is 0 Å². The van der Waals surface area contributed by atoms with Gasteiger partial charge in [-0.25, -0.2) is 0 Å². The highest BCUT2D eigenvalue weighted by Crippen LogP contribution is 2.13. The molecular weight excluding hydrogens is 222 g/mol. The van der Waals surface area contributed by atoms with Crippen LogP contribution >= 0.6 is 0 Å². The Bertz CT molecular complexity index is 304. The Morgan fingerprint density at radius 3 is 2.65 bits per heavy atom. The average molecular weight is 243 g/mol. The Hall–Kier alpha value is -1.14. The lowest BCUT2D eigenvalue weighted by Gasteiger charge is -2.26. The van der Waals surface area contributed by atoms with Crippen molar-refractivity contribution in [2.75, 3.05) is 13.7 Å². The number of methoxy groups -OCH3 is 1. The number of nitrogens with two attached hydrogens (primary N) is 1. The van der Waals surface area contributed by atoms with E-state index in [-0.39, 0.29) is 24.5 Å². The third-order valence-electron chi connectivity index (χ3n) is 2.82. The van der Waals surface area contributed by atoms with E-state index in [1.54, 1.807) is 21.0 Å². The van der Waals surface area contributed by atoms with Crippen LogP contribution in [0.2, 0.25) is 0 Å². The van der Waals surface area contributed by atoms with Crippen LogP contribution in [0.25, 0.3) is 0 Å². The molecule has 0 spiro atoms. The molecule has 0 aliphatic carbocycles. The molecule has 1 fully saturated rings. The quantitative estimate of drug-likeness (QED) is 0.585. The molecule has 2 atom stereocenters. The number of hydrogen-bond donors (Lipinski definition) is 3. The number of amides is 2. The van der Waals surface area contributed by atoms with Crippen molar-refractivity contribution in [3.8, 4) is 0 Å². The summed E-state index contributed by atoms with van der Waals surface area (Å²) in [7, 11) is 1.63. The monoisotopic (exact) mass is 243 g/mol. The van der Waals surface area contributed by atoms with E-state index in [1.165, 1.54) is 0 Å². The van der Waals surface area contributed by atoms with Crippen LogP contribution in [0, 0.1) is 0 Å². The summed E-state index contributed by atoms with van der Waals surface area (Å²) in [6, 6.07) is -0.257. The number of hydrogen-bond acceptors (Lipinski definition) is 4. The van der Waals surface area contributed by atoms with Gasteiger partial charge in [-0.3, -0.25) is 9.59 Å². The van der Waals surface area contributed by atoms with Gasteiger partial charge in [-0.1, -0.05) is 0 Å². The van der Waals surface area contributed by atoms with Crippen LogP contribution in [0.4, 0.5) is 0 Å². The smallest absolute Gasteiger partial charge is 0.237 e. The third kappa shape index (κ3) is 4.32. The van der Waals surface area contributed by atoms with Crippen LogP contribution in [-0.4, -0.2) is 43.2 Å². The van der Waals surface area contributed by atoms with E-state index in [2.05, 4.69) is 10.6 Å². The summed E-state index contributed by atoms with van der Waals surface area (Å²) < 4.78 is 5.17. The van der Waals surface area contributed by atoms with E-state index in [1.807, 2.05) is 0 Å². The first-order chi connectivity index (χ1) is 7.84. The van der Waals surface area contributed by atoms with Crippen molar-refractivity contribution in [1.29, 1.82) is 0 Å². The van der Waals surface area contributed by atoms with Gasteiger partial charge in [0.2, 0.25) is 11.8 Å². The lowest BCUT2D eigenvalue weighted by atomic mass is 9.99. The molecule has 17 heavy (non-hydrogen) atoms. The van der Waals surface area contributed by atoms with Gasteiger partial charge >= 0.3 is 0 Å². The van der Waals surface area contributed by atoms with Crippen molar-refractivity contribution in [3.63, 3.8) is 0 Å². The van der Waals surface area contributed by atoms with Crippen LogP contribution in [-0.2, 0) is 14.3 Å². The van der Waals surface area contributed by atoms with Gasteiger partial charge in [0.25, 0.3) is 0 Å². The van der Waals surface area contributed by atoms with E-state index in [0.717, 1.165) is 0 Å². The standard InChI is InChI=1S/C11H21N3O3/c1-11(2,5-9(12)15)14-10(16)8-4-7(17-3)6-13-8/h7-8,13H,4-6H2,1-3H3,(H2,12,15)(H,14,16). The van der Waals surface area contributed by atoms with Gasteiger partial charge in [-0.2, -0.15) is 0 Å². The van der Waals surface area contributed by atoms with Gasteiger partial charge in [0, 0.05) is 25.6 Å². The molecule has 0 saturated carbocycles. The molecule has 6 heteroatoms. The molecule has 0 bridgehead atoms. The Balaban J connectivity index is 2.46. The van der Waals surface area contributed by atoms with Crippen molar-refractivity contribution < 1.29 is 14.3 Å². The zero-order chi connectivity index (χ0) is 13.1. The molecule has 0 aromatic carbocycles. The van der Waals surface area contributed by atoms with E-state index in [0.29, 0.717) is 13.0 Å². The Labute approximate surface area is 101 Å². The second kappa shape index (κ2) is 5.46. The largest absolute Gasteiger partial charge is 0.380 e. The lowest BCUT2D eigenvalue weighted by Crippen LogP contribution is -2.51.